The van der Waals surface area contributed by atoms with Crippen molar-refractivity contribution in [2.75, 3.05) is 24.5 Å². The summed E-state index contributed by atoms with van der Waals surface area (Å²) in [5.74, 6) is 0.932. The molecular weight excluding hydrogens is 352 g/mol. The average molecular weight is 383 g/mol. The van der Waals surface area contributed by atoms with Gasteiger partial charge in [0.1, 0.15) is 6.54 Å². The van der Waals surface area contributed by atoms with Crippen LogP contribution in [0, 0.1) is 18.8 Å². The highest BCUT2D eigenvalue weighted by Crippen LogP contribution is 2.34. The lowest BCUT2D eigenvalue weighted by Crippen LogP contribution is -2.49. The first kappa shape index (κ1) is 19.1. The third-order valence-corrected chi connectivity index (χ3v) is 6.54. The van der Waals surface area contributed by atoms with Crippen LogP contribution in [0.2, 0.25) is 0 Å². The first-order chi connectivity index (χ1) is 13.5. The van der Waals surface area contributed by atoms with Crippen LogP contribution >= 0.6 is 0 Å². The van der Waals surface area contributed by atoms with Crippen LogP contribution in [0.25, 0.3) is 0 Å². The number of anilines is 1. The average Bonchev–Trinajstić information content (AvgIpc) is 3.07. The molecule has 28 heavy (non-hydrogen) atoms. The third kappa shape index (κ3) is 3.46. The molecule has 3 fully saturated rings. The molecule has 1 aromatic rings. The van der Waals surface area contributed by atoms with Crippen LogP contribution in [0.15, 0.2) is 23.2 Å². The zero-order valence-corrected chi connectivity index (χ0v) is 16.9. The van der Waals surface area contributed by atoms with E-state index in [0.717, 1.165) is 35.6 Å². The highest BCUT2D eigenvalue weighted by atomic mass is 16.2. The number of aliphatic imine (C=N–C) groups is 1. The monoisotopic (exact) mass is 382 g/mol. The Balaban J connectivity index is 1.65. The number of fused-ring (bicyclic) bond motifs is 5. The molecular formula is C22H30N4O2. The molecule has 2 N–H and O–H groups in total. The Morgan fingerprint density at radius 1 is 1.18 bits per heavy atom. The molecule has 5 rings (SSSR count). The number of nitrogens with zero attached hydrogens (tertiary/aromatic N) is 3. The Kier molecular flexibility index (Phi) is 5.23. The second-order valence-corrected chi connectivity index (χ2v) is 8.46. The lowest BCUT2D eigenvalue weighted by atomic mass is 9.84. The molecule has 0 spiro atoms. The zero-order chi connectivity index (χ0) is 19.8. The van der Waals surface area contributed by atoms with Gasteiger partial charge in [0.05, 0.1) is 5.69 Å². The minimum Gasteiger partial charge on any atom is -0.341 e. The first-order valence-corrected chi connectivity index (χ1v) is 10.5. The van der Waals surface area contributed by atoms with Crippen LogP contribution in [0.3, 0.4) is 0 Å². The van der Waals surface area contributed by atoms with Crippen LogP contribution in [0.5, 0.6) is 0 Å². The van der Waals surface area contributed by atoms with E-state index in [4.69, 9.17) is 5.73 Å². The van der Waals surface area contributed by atoms with Gasteiger partial charge in [0.25, 0.3) is 5.91 Å². The zero-order valence-electron chi connectivity index (χ0n) is 16.9. The maximum Gasteiger partial charge on any atom is 0.266 e. The minimum absolute atomic E-state index is 0.0218. The van der Waals surface area contributed by atoms with E-state index in [-0.39, 0.29) is 18.4 Å². The molecule has 2 amide bonds. The predicted octanol–water partition coefficient (Wildman–Crippen LogP) is 2.47. The summed E-state index contributed by atoms with van der Waals surface area (Å²) in [4.78, 5) is 34.3. The number of aryl methyl sites for hydroxylation is 1. The number of carbonyl (C=O) groups excluding carboxylic acids is 2. The van der Waals surface area contributed by atoms with Crippen molar-refractivity contribution >= 4 is 23.2 Å². The molecule has 3 aliphatic heterocycles. The van der Waals surface area contributed by atoms with E-state index in [1.807, 2.05) is 36.9 Å². The summed E-state index contributed by atoms with van der Waals surface area (Å²) in [5, 5.41) is 0. The van der Waals surface area contributed by atoms with Crippen LogP contribution in [0.4, 0.5) is 5.69 Å². The predicted molar refractivity (Wildman–Crippen MR) is 110 cm³/mol. The van der Waals surface area contributed by atoms with Gasteiger partial charge >= 0.3 is 0 Å². The van der Waals surface area contributed by atoms with E-state index in [2.05, 4.69) is 4.99 Å². The van der Waals surface area contributed by atoms with Gasteiger partial charge in [-0.3, -0.25) is 19.5 Å². The van der Waals surface area contributed by atoms with Crippen molar-refractivity contribution in [1.82, 2.24) is 4.90 Å². The standard InChI is InChI=1S/C22H30N4O2/c1-3-18-17-6-4-5-14(2)20(17)26(22(28)21(23)24-18)13-19(27)25-11-15-7-8-16(12-25)10-9-15/h4-6,15-16,21H,3,7-13,23H2,1-2H3/t15?,16?,21-/m0/s1. The fourth-order valence-corrected chi connectivity index (χ4v) is 4.98. The lowest BCUT2D eigenvalue weighted by Gasteiger charge is -2.29. The van der Waals surface area contributed by atoms with E-state index < -0.39 is 6.17 Å². The van der Waals surface area contributed by atoms with Gasteiger partial charge < -0.3 is 10.6 Å². The molecule has 0 radical (unpaired) electrons. The quantitative estimate of drug-likeness (QED) is 0.872. The number of carbonyl (C=O) groups is 2. The van der Waals surface area contributed by atoms with Crippen LogP contribution in [0.1, 0.15) is 50.2 Å². The van der Waals surface area contributed by atoms with Crippen molar-refractivity contribution in [2.24, 2.45) is 22.6 Å². The second kappa shape index (κ2) is 7.66. The highest BCUT2D eigenvalue weighted by molar-refractivity contribution is 6.14. The van der Waals surface area contributed by atoms with Gasteiger partial charge in [0.15, 0.2) is 6.17 Å². The summed E-state index contributed by atoms with van der Waals surface area (Å²) in [7, 11) is 0. The Bertz CT molecular complexity index is 797. The molecule has 1 atom stereocenters. The van der Waals surface area contributed by atoms with Crippen molar-refractivity contribution in [2.45, 2.75) is 52.1 Å². The van der Waals surface area contributed by atoms with Gasteiger partial charge in [-0.15, -0.1) is 0 Å². The fraction of sp³-hybridized carbons (Fsp3) is 0.591. The molecule has 0 unspecified atom stereocenters. The van der Waals surface area contributed by atoms with Gasteiger partial charge in [-0.05, 0) is 56.4 Å². The number of hydrogen-bond acceptors (Lipinski definition) is 4. The maximum atomic E-state index is 13.2. The molecule has 2 bridgehead atoms. The van der Waals surface area contributed by atoms with E-state index in [0.29, 0.717) is 18.3 Å². The first-order valence-electron chi connectivity index (χ1n) is 10.5. The second-order valence-electron chi connectivity index (χ2n) is 8.46. The van der Waals surface area contributed by atoms with E-state index in [9.17, 15) is 9.59 Å². The maximum absolute atomic E-state index is 13.2. The van der Waals surface area contributed by atoms with Gasteiger partial charge in [0.2, 0.25) is 5.91 Å². The number of para-hydroxylation sites is 1. The van der Waals surface area contributed by atoms with E-state index >= 15 is 0 Å². The molecule has 1 saturated carbocycles. The van der Waals surface area contributed by atoms with Gasteiger partial charge in [-0.2, -0.15) is 0 Å². The van der Waals surface area contributed by atoms with E-state index in [1.54, 1.807) is 4.90 Å². The van der Waals surface area contributed by atoms with Crippen molar-refractivity contribution in [3.63, 3.8) is 0 Å². The Morgan fingerprint density at radius 2 is 1.82 bits per heavy atom. The molecule has 6 heteroatoms. The van der Waals surface area contributed by atoms with E-state index in [1.165, 1.54) is 25.7 Å². The van der Waals surface area contributed by atoms with Crippen LogP contribution in [-0.2, 0) is 9.59 Å². The SMILES string of the molecule is CCC1=N[C@H](N)C(=O)N(CC(=O)N2CC3CCC(CC3)C2)c2c(C)cccc21. The molecule has 3 heterocycles. The molecule has 1 aromatic carbocycles. The Morgan fingerprint density at radius 3 is 2.43 bits per heavy atom. The number of benzodiazepines with no additional fused rings is 1. The van der Waals surface area contributed by atoms with Gasteiger partial charge in [0, 0.05) is 24.4 Å². The largest absolute Gasteiger partial charge is 0.341 e. The fourth-order valence-electron chi connectivity index (χ4n) is 4.98. The van der Waals surface area contributed by atoms with Crippen LogP contribution < -0.4 is 10.6 Å². The lowest BCUT2D eigenvalue weighted by molar-refractivity contribution is -0.132. The smallest absolute Gasteiger partial charge is 0.266 e. The molecule has 150 valence electrons. The molecule has 4 aliphatic rings. The van der Waals surface area contributed by atoms with Crippen molar-refractivity contribution in [1.29, 1.82) is 0 Å². The molecule has 0 aromatic heterocycles. The Hall–Kier alpha value is -2.21. The number of benzene rings is 1. The number of nitrogens with two attached hydrogens (primary N) is 1. The molecule has 1 aliphatic carbocycles. The van der Waals surface area contributed by atoms with Crippen LogP contribution in [-0.4, -0.2) is 48.2 Å². The van der Waals surface area contributed by atoms with Gasteiger partial charge in [-0.25, -0.2) is 0 Å². The summed E-state index contributed by atoms with van der Waals surface area (Å²) >= 11 is 0. The van der Waals surface area contributed by atoms with Crippen molar-refractivity contribution in [3.8, 4) is 0 Å². The minimum atomic E-state index is -0.963. The summed E-state index contributed by atoms with van der Waals surface area (Å²) < 4.78 is 0. The van der Waals surface area contributed by atoms with Gasteiger partial charge in [-0.1, -0.05) is 25.1 Å². The Labute approximate surface area is 166 Å². The molecule has 6 nitrogen and oxygen atoms in total. The summed E-state index contributed by atoms with van der Waals surface area (Å²) in [5.41, 5.74) is 9.57. The summed E-state index contributed by atoms with van der Waals surface area (Å²) in [6.07, 6.45) is 4.61. The summed E-state index contributed by atoms with van der Waals surface area (Å²) in [6, 6.07) is 5.91. The summed E-state index contributed by atoms with van der Waals surface area (Å²) in [6.45, 7) is 5.66. The van der Waals surface area contributed by atoms with Crippen molar-refractivity contribution < 1.29 is 9.59 Å². The topological polar surface area (TPSA) is 79.0 Å². The third-order valence-electron chi connectivity index (χ3n) is 6.54. The number of rotatable bonds is 3. The molecule has 2 saturated heterocycles. The highest BCUT2D eigenvalue weighted by Gasteiger charge is 2.35. The van der Waals surface area contributed by atoms with Crippen molar-refractivity contribution in [3.05, 3.63) is 29.3 Å². The number of amides is 2. The number of hydrogen-bond donors (Lipinski definition) is 1. The normalized spacial score (nSPS) is 27.2.